The molecule has 1 heterocycles. The van der Waals surface area contributed by atoms with Gasteiger partial charge in [0.1, 0.15) is 5.82 Å². The fourth-order valence-corrected chi connectivity index (χ4v) is 1.90. The standard InChI is InChI=1S/C11H16ClN5O2/c1-16(2)6-5-13-11-8(17(18)19)9(12)14-10(15-11)7-3-4-7/h7H,3-6H2,1-2H3,(H,13,14,15). The van der Waals surface area contributed by atoms with Crippen molar-refractivity contribution in [3.8, 4) is 0 Å². The van der Waals surface area contributed by atoms with Crippen LogP contribution >= 0.6 is 11.6 Å². The van der Waals surface area contributed by atoms with Crippen molar-refractivity contribution in [1.82, 2.24) is 14.9 Å². The topological polar surface area (TPSA) is 84.2 Å². The molecule has 0 unspecified atom stereocenters. The molecule has 8 heteroatoms. The van der Waals surface area contributed by atoms with Crippen LogP contribution in [-0.2, 0) is 0 Å². The van der Waals surface area contributed by atoms with Crippen molar-refractivity contribution >= 4 is 23.1 Å². The number of nitrogens with zero attached hydrogens (tertiary/aromatic N) is 4. The molecule has 7 nitrogen and oxygen atoms in total. The van der Waals surface area contributed by atoms with Gasteiger partial charge in [-0.2, -0.15) is 0 Å². The molecule has 0 bridgehead atoms. The van der Waals surface area contributed by atoms with E-state index in [2.05, 4.69) is 15.3 Å². The molecule has 19 heavy (non-hydrogen) atoms. The van der Waals surface area contributed by atoms with E-state index >= 15 is 0 Å². The Kier molecular flexibility index (Phi) is 4.16. The van der Waals surface area contributed by atoms with E-state index in [1.54, 1.807) is 0 Å². The highest BCUT2D eigenvalue weighted by molar-refractivity contribution is 6.31. The molecule has 0 aliphatic heterocycles. The van der Waals surface area contributed by atoms with E-state index in [0.29, 0.717) is 18.3 Å². The molecule has 0 aromatic carbocycles. The Balaban J connectivity index is 2.23. The zero-order chi connectivity index (χ0) is 14.0. The Morgan fingerprint density at radius 2 is 2.16 bits per heavy atom. The summed E-state index contributed by atoms with van der Waals surface area (Å²) in [6, 6.07) is 0. The molecule has 1 N–H and O–H groups in total. The second-order valence-corrected chi connectivity index (χ2v) is 5.19. The van der Waals surface area contributed by atoms with Gasteiger partial charge >= 0.3 is 5.69 Å². The third kappa shape index (κ3) is 3.51. The molecule has 0 saturated heterocycles. The lowest BCUT2D eigenvalue weighted by Gasteiger charge is -2.12. The van der Waals surface area contributed by atoms with Gasteiger partial charge in [0.2, 0.25) is 11.0 Å². The summed E-state index contributed by atoms with van der Waals surface area (Å²) in [5.41, 5.74) is -0.246. The van der Waals surface area contributed by atoms with E-state index in [4.69, 9.17) is 11.6 Å². The molecule has 1 saturated carbocycles. The molecule has 0 atom stereocenters. The van der Waals surface area contributed by atoms with Gasteiger partial charge in [-0.05, 0) is 26.9 Å². The molecule has 1 aliphatic rings. The number of aromatic nitrogens is 2. The largest absolute Gasteiger partial charge is 0.363 e. The zero-order valence-corrected chi connectivity index (χ0v) is 11.6. The minimum absolute atomic E-state index is 0.0887. The molecule has 0 amide bonds. The highest BCUT2D eigenvalue weighted by Gasteiger charge is 2.31. The van der Waals surface area contributed by atoms with E-state index in [0.717, 1.165) is 19.4 Å². The van der Waals surface area contributed by atoms with Crippen LogP contribution in [0.3, 0.4) is 0 Å². The maximum Gasteiger partial charge on any atom is 0.348 e. The molecule has 0 spiro atoms. The SMILES string of the molecule is CN(C)CCNc1nc(C2CC2)nc(Cl)c1[N+](=O)[O-]. The van der Waals surface area contributed by atoms with Crippen molar-refractivity contribution in [2.45, 2.75) is 18.8 Å². The van der Waals surface area contributed by atoms with Crippen molar-refractivity contribution in [1.29, 1.82) is 0 Å². The highest BCUT2D eigenvalue weighted by Crippen LogP contribution is 2.41. The molecule has 0 radical (unpaired) electrons. The van der Waals surface area contributed by atoms with Gasteiger partial charge in [-0.1, -0.05) is 11.6 Å². The van der Waals surface area contributed by atoms with Crippen LogP contribution in [0.4, 0.5) is 11.5 Å². The number of nitro groups is 1. The minimum Gasteiger partial charge on any atom is -0.363 e. The summed E-state index contributed by atoms with van der Waals surface area (Å²) < 4.78 is 0. The monoisotopic (exact) mass is 285 g/mol. The third-order valence-corrected chi connectivity index (χ3v) is 3.10. The first-order valence-corrected chi connectivity index (χ1v) is 6.47. The van der Waals surface area contributed by atoms with Crippen LogP contribution < -0.4 is 5.32 Å². The normalized spacial score (nSPS) is 14.7. The number of rotatable bonds is 6. The second-order valence-electron chi connectivity index (χ2n) is 4.83. The number of hydrogen-bond acceptors (Lipinski definition) is 6. The summed E-state index contributed by atoms with van der Waals surface area (Å²) in [6.07, 6.45) is 2.04. The predicted molar refractivity (Wildman–Crippen MR) is 72.7 cm³/mol. The number of hydrogen-bond donors (Lipinski definition) is 1. The van der Waals surface area contributed by atoms with Gasteiger partial charge in [-0.25, -0.2) is 9.97 Å². The Bertz CT molecular complexity index is 490. The third-order valence-electron chi connectivity index (χ3n) is 2.84. The van der Waals surface area contributed by atoms with Crippen molar-refractivity contribution in [3.05, 3.63) is 21.1 Å². The maximum absolute atomic E-state index is 11.0. The van der Waals surface area contributed by atoms with Crippen LogP contribution in [0.1, 0.15) is 24.6 Å². The molecule has 1 fully saturated rings. The molecule has 1 aliphatic carbocycles. The summed E-state index contributed by atoms with van der Waals surface area (Å²) in [5.74, 6) is 1.12. The van der Waals surface area contributed by atoms with E-state index < -0.39 is 4.92 Å². The quantitative estimate of drug-likeness (QED) is 0.488. The van der Waals surface area contributed by atoms with Crippen LogP contribution in [-0.4, -0.2) is 47.0 Å². The lowest BCUT2D eigenvalue weighted by atomic mass is 10.3. The van der Waals surface area contributed by atoms with Gasteiger partial charge in [-0.3, -0.25) is 10.1 Å². The van der Waals surface area contributed by atoms with Gasteiger partial charge < -0.3 is 10.2 Å². The van der Waals surface area contributed by atoms with Gasteiger partial charge in [0.15, 0.2) is 0 Å². The van der Waals surface area contributed by atoms with Crippen LogP contribution in [0.5, 0.6) is 0 Å². The Morgan fingerprint density at radius 1 is 1.47 bits per heavy atom. The summed E-state index contributed by atoms with van der Waals surface area (Å²) in [5, 5.41) is 13.9. The predicted octanol–water partition coefficient (Wildman–Crippen LogP) is 1.89. The van der Waals surface area contributed by atoms with Gasteiger partial charge in [-0.15, -0.1) is 0 Å². The molecular formula is C11H16ClN5O2. The molecule has 2 rings (SSSR count). The van der Waals surface area contributed by atoms with Crippen molar-refractivity contribution < 1.29 is 4.92 Å². The van der Waals surface area contributed by atoms with Gasteiger partial charge in [0, 0.05) is 19.0 Å². The average molecular weight is 286 g/mol. The molecule has 1 aromatic rings. The number of halogens is 1. The molecular weight excluding hydrogens is 270 g/mol. The minimum atomic E-state index is -0.545. The lowest BCUT2D eigenvalue weighted by Crippen LogP contribution is -2.21. The first kappa shape index (κ1) is 14.0. The van der Waals surface area contributed by atoms with E-state index in [1.165, 1.54) is 0 Å². The van der Waals surface area contributed by atoms with Crippen LogP contribution in [0.2, 0.25) is 5.15 Å². The van der Waals surface area contributed by atoms with Crippen LogP contribution in [0.25, 0.3) is 0 Å². The second kappa shape index (κ2) is 5.66. The summed E-state index contributed by atoms with van der Waals surface area (Å²) in [4.78, 5) is 20.7. The Labute approximate surface area is 116 Å². The first-order valence-electron chi connectivity index (χ1n) is 6.09. The Morgan fingerprint density at radius 3 is 2.68 bits per heavy atom. The number of anilines is 1. The summed E-state index contributed by atoms with van der Waals surface area (Å²) >= 11 is 5.90. The first-order chi connectivity index (χ1) is 8.99. The van der Waals surface area contributed by atoms with Crippen LogP contribution in [0.15, 0.2) is 0 Å². The van der Waals surface area contributed by atoms with Crippen molar-refractivity contribution in [2.24, 2.45) is 0 Å². The molecule has 104 valence electrons. The van der Waals surface area contributed by atoms with E-state index in [1.807, 2.05) is 19.0 Å². The maximum atomic E-state index is 11.0. The van der Waals surface area contributed by atoms with Gasteiger partial charge in [0.05, 0.1) is 4.92 Å². The Hall–Kier alpha value is -1.47. The average Bonchev–Trinajstić information content (AvgIpc) is 3.10. The lowest BCUT2D eigenvalue weighted by molar-refractivity contribution is -0.384. The van der Waals surface area contributed by atoms with Crippen molar-refractivity contribution in [2.75, 3.05) is 32.5 Å². The highest BCUT2D eigenvalue weighted by atomic mass is 35.5. The smallest absolute Gasteiger partial charge is 0.348 e. The molecule has 1 aromatic heterocycles. The number of likely N-dealkylation sites (N-methyl/N-ethyl adjacent to an activating group) is 1. The fraction of sp³-hybridized carbons (Fsp3) is 0.636. The summed E-state index contributed by atoms with van der Waals surface area (Å²) in [6.45, 7) is 1.31. The van der Waals surface area contributed by atoms with Crippen LogP contribution in [0, 0.1) is 10.1 Å². The fourth-order valence-electron chi connectivity index (χ4n) is 1.65. The van der Waals surface area contributed by atoms with Gasteiger partial charge in [0.25, 0.3) is 0 Å². The van der Waals surface area contributed by atoms with E-state index in [-0.39, 0.29) is 16.7 Å². The van der Waals surface area contributed by atoms with Crippen molar-refractivity contribution in [3.63, 3.8) is 0 Å². The zero-order valence-electron chi connectivity index (χ0n) is 10.9. The summed E-state index contributed by atoms with van der Waals surface area (Å²) in [7, 11) is 3.86. The van der Waals surface area contributed by atoms with E-state index in [9.17, 15) is 10.1 Å². The number of nitrogens with one attached hydrogen (secondary N) is 1.